The molecule has 0 amide bonds. The fraction of sp³-hybridized carbons (Fsp3) is 0.818. The number of nitrogens with one attached hydrogen (secondary N) is 1. The Hall–Kier alpha value is -0.300. The summed E-state index contributed by atoms with van der Waals surface area (Å²) in [4.78, 5) is 0. The van der Waals surface area contributed by atoms with Crippen molar-refractivity contribution >= 4 is 0 Å². The van der Waals surface area contributed by atoms with Crippen molar-refractivity contribution in [1.29, 1.82) is 0 Å². The van der Waals surface area contributed by atoms with Gasteiger partial charge in [-0.3, -0.25) is 0 Å². The average Bonchev–Trinajstić information content (AvgIpc) is 2.56. The van der Waals surface area contributed by atoms with E-state index in [1.54, 1.807) is 5.57 Å². The van der Waals surface area contributed by atoms with Crippen LogP contribution in [0.5, 0.6) is 0 Å². The molecule has 1 rings (SSSR count). The summed E-state index contributed by atoms with van der Waals surface area (Å²) >= 11 is 0. The third kappa shape index (κ3) is 2.63. The van der Waals surface area contributed by atoms with Crippen LogP contribution in [-0.4, -0.2) is 13.1 Å². The molecule has 70 valence electrons. The van der Waals surface area contributed by atoms with Crippen molar-refractivity contribution in [3.63, 3.8) is 0 Å². The molecule has 1 saturated heterocycles. The van der Waals surface area contributed by atoms with Crippen LogP contribution >= 0.6 is 0 Å². The van der Waals surface area contributed by atoms with Gasteiger partial charge in [-0.15, -0.1) is 0 Å². The highest BCUT2D eigenvalue weighted by atomic mass is 14.9. The summed E-state index contributed by atoms with van der Waals surface area (Å²) in [6.07, 6.45) is 5.04. The van der Waals surface area contributed by atoms with Crippen molar-refractivity contribution < 1.29 is 0 Å². The van der Waals surface area contributed by atoms with Crippen molar-refractivity contribution in [2.75, 3.05) is 13.1 Å². The maximum atomic E-state index is 3.40. The fourth-order valence-corrected chi connectivity index (χ4v) is 1.75. The highest BCUT2D eigenvalue weighted by molar-refractivity contribution is 5.07. The van der Waals surface area contributed by atoms with Gasteiger partial charge in [-0.05, 0) is 31.7 Å². The van der Waals surface area contributed by atoms with Crippen LogP contribution in [0.25, 0.3) is 0 Å². The molecule has 1 N–H and O–H groups in total. The molecule has 2 atom stereocenters. The average molecular weight is 167 g/mol. The molecule has 0 radical (unpaired) electrons. The molecule has 0 spiro atoms. The molecule has 0 saturated carbocycles. The van der Waals surface area contributed by atoms with Gasteiger partial charge in [-0.1, -0.05) is 31.9 Å². The van der Waals surface area contributed by atoms with Crippen molar-refractivity contribution in [3.05, 3.63) is 11.6 Å². The van der Waals surface area contributed by atoms with Gasteiger partial charge in [0, 0.05) is 6.54 Å². The first-order chi connectivity index (χ1) is 5.74. The first-order valence-corrected chi connectivity index (χ1v) is 5.13. The Labute approximate surface area is 76.2 Å². The van der Waals surface area contributed by atoms with Crippen LogP contribution in [0, 0.1) is 11.8 Å². The molecule has 1 fully saturated rings. The molecule has 12 heavy (non-hydrogen) atoms. The Morgan fingerprint density at radius 1 is 1.67 bits per heavy atom. The zero-order valence-corrected chi connectivity index (χ0v) is 8.56. The van der Waals surface area contributed by atoms with E-state index in [0.717, 1.165) is 11.8 Å². The Morgan fingerprint density at radius 3 is 2.92 bits per heavy atom. The zero-order valence-electron chi connectivity index (χ0n) is 8.56. The molecule has 0 bridgehead atoms. The summed E-state index contributed by atoms with van der Waals surface area (Å²) in [6, 6.07) is 0. The minimum Gasteiger partial charge on any atom is -0.316 e. The lowest BCUT2D eigenvalue weighted by Crippen LogP contribution is -2.10. The summed E-state index contributed by atoms with van der Waals surface area (Å²) in [5, 5.41) is 3.40. The first-order valence-electron chi connectivity index (χ1n) is 5.13. The summed E-state index contributed by atoms with van der Waals surface area (Å²) < 4.78 is 0. The van der Waals surface area contributed by atoms with Gasteiger partial charge in [0.2, 0.25) is 0 Å². The Balaban J connectivity index is 2.43. The third-order valence-electron chi connectivity index (χ3n) is 2.90. The molecular weight excluding hydrogens is 146 g/mol. The molecule has 1 heterocycles. The van der Waals surface area contributed by atoms with E-state index in [1.165, 1.54) is 25.9 Å². The summed E-state index contributed by atoms with van der Waals surface area (Å²) in [5.74, 6) is 1.57. The zero-order chi connectivity index (χ0) is 8.97. The van der Waals surface area contributed by atoms with E-state index in [9.17, 15) is 0 Å². The minimum absolute atomic E-state index is 0.755. The van der Waals surface area contributed by atoms with E-state index in [0.29, 0.717) is 0 Å². The molecule has 2 unspecified atom stereocenters. The lowest BCUT2D eigenvalue weighted by molar-refractivity contribution is 0.639. The van der Waals surface area contributed by atoms with Crippen LogP contribution in [0.15, 0.2) is 11.6 Å². The molecule has 0 aromatic carbocycles. The topological polar surface area (TPSA) is 12.0 Å². The third-order valence-corrected chi connectivity index (χ3v) is 2.90. The van der Waals surface area contributed by atoms with E-state index < -0.39 is 0 Å². The quantitative estimate of drug-likeness (QED) is 0.637. The predicted molar refractivity (Wildman–Crippen MR) is 54.2 cm³/mol. The molecular formula is C11H21N. The molecule has 1 nitrogen and oxygen atoms in total. The van der Waals surface area contributed by atoms with E-state index in [-0.39, 0.29) is 0 Å². The fourth-order valence-electron chi connectivity index (χ4n) is 1.75. The van der Waals surface area contributed by atoms with Crippen LogP contribution in [0.4, 0.5) is 0 Å². The van der Waals surface area contributed by atoms with E-state index >= 15 is 0 Å². The SMILES string of the molecule is CCC(C)/C=C(/C)C1CCNC1. The molecule has 1 aliphatic rings. The smallest absolute Gasteiger partial charge is 0.00172 e. The lowest BCUT2D eigenvalue weighted by Gasteiger charge is -2.11. The van der Waals surface area contributed by atoms with E-state index in [4.69, 9.17) is 0 Å². The highest BCUT2D eigenvalue weighted by Crippen LogP contribution is 2.20. The first kappa shape index (κ1) is 9.79. The predicted octanol–water partition coefficient (Wildman–Crippen LogP) is 2.59. The molecule has 0 aliphatic carbocycles. The second kappa shape index (κ2) is 4.66. The van der Waals surface area contributed by atoms with Crippen molar-refractivity contribution in [1.82, 2.24) is 5.32 Å². The standard InChI is InChI=1S/C11H21N/c1-4-9(2)7-10(3)11-5-6-12-8-11/h7,9,11-12H,4-6,8H2,1-3H3/b10-7-. The number of hydrogen-bond acceptors (Lipinski definition) is 1. The second-order valence-corrected chi connectivity index (χ2v) is 3.99. The number of hydrogen-bond donors (Lipinski definition) is 1. The summed E-state index contributed by atoms with van der Waals surface area (Å²) in [5.41, 5.74) is 1.59. The molecule has 0 aromatic rings. The van der Waals surface area contributed by atoms with Crippen molar-refractivity contribution in [3.8, 4) is 0 Å². The summed E-state index contributed by atoms with van der Waals surface area (Å²) in [6.45, 7) is 9.23. The van der Waals surface area contributed by atoms with Crippen molar-refractivity contribution in [2.45, 2.75) is 33.6 Å². The van der Waals surface area contributed by atoms with Gasteiger partial charge in [0.05, 0.1) is 0 Å². The Morgan fingerprint density at radius 2 is 2.42 bits per heavy atom. The van der Waals surface area contributed by atoms with Crippen LogP contribution in [-0.2, 0) is 0 Å². The molecule has 1 aliphatic heterocycles. The lowest BCUT2D eigenvalue weighted by atomic mass is 9.95. The van der Waals surface area contributed by atoms with Gasteiger partial charge >= 0.3 is 0 Å². The second-order valence-electron chi connectivity index (χ2n) is 3.99. The monoisotopic (exact) mass is 167 g/mol. The van der Waals surface area contributed by atoms with Gasteiger partial charge in [-0.2, -0.15) is 0 Å². The van der Waals surface area contributed by atoms with Crippen LogP contribution in [0.1, 0.15) is 33.6 Å². The van der Waals surface area contributed by atoms with E-state index in [2.05, 4.69) is 32.2 Å². The Kier molecular flexibility index (Phi) is 3.80. The molecule has 1 heteroatoms. The normalized spacial score (nSPS) is 27.6. The van der Waals surface area contributed by atoms with Gasteiger partial charge < -0.3 is 5.32 Å². The maximum absolute atomic E-state index is 3.40. The van der Waals surface area contributed by atoms with Crippen molar-refractivity contribution in [2.24, 2.45) is 11.8 Å². The minimum atomic E-state index is 0.755. The van der Waals surface area contributed by atoms with Crippen LogP contribution in [0.3, 0.4) is 0 Å². The Bertz CT molecular complexity index is 154. The highest BCUT2D eigenvalue weighted by Gasteiger charge is 2.15. The van der Waals surface area contributed by atoms with Gasteiger partial charge in [0.25, 0.3) is 0 Å². The van der Waals surface area contributed by atoms with Crippen LogP contribution < -0.4 is 5.32 Å². The maximum Gasteiger partial charge on any atom is 0.00172 e. The van der Waals surface area contributed by atoms with E-state index in [1.807, 2.05) is 0 Å². The number of allylic oxidation sites excluding steroid dienone is 1. The largest absolute Gasteiger partial charge is 0.316 e. The molecule has 0 aromatic heterocycles. The van der Waals surface area contributed by atoms with Gasteiger partial charge in [0.15, 0.2) is 0 Å². The summed E-state index contributed by atoms with van der Waals surface area (Å²) in [7, 11) is 0. The van der Waals surface area contributed by atoms with Gasteiger partial charge in [0.1, 0.15) is 0 Å². The van der Waals surface area contributed by atoms with Gasteiger partial charge in [-0.25, -0.2) is 0 Å². The number of rotatable bonds is 3. The van der Waals surface area contributed by atoms with Crippen LogP contribution in [0.2, 0.25) is 0 Å².